The van der Waals surface area contributed by atoms with E-state index in [1.807, 2.05) is 24.3 Å². The molecule has 5 aromatic rings. The number of ether oxygens (including phenoxy) is 2. The largest absolute Gasteiger partial charge is 0.490 e. The Balaban J connectivity index is 0.807. The van der Waals surface area contributed by atoms with Crippen LogP contribution in [0.3, 0.4) is 0 Å². The molecule has 6 heteroatoms. The van der Waals surface area contributed by atoms with Crippen LogP contribution in [0, 0.1) is 35.1 Å². The molecule has 7 rings (SSSR count). The predicted octanol–water partition coefficient (Wildman–Crippen LogP) is 17.3. The standard InChI is InChI=1S/C58H70F4O2/c1-3-5-7-9-38-63-53-36-34-51(55(59)57(53)61)49-30-26-47(27-31-49)45-22-18-41(19-23-45)14-16-43-12-11-13-44(40-43)17-15-42-20-24-46(25-21-42)48-28-32-50(33-29-48)52-35-37-54(58(62)56(52)60)64-39-10-8-6-4-2/h11-13,26-37,40-42,45-46H,3-10,14-25,38-39H2,1-2H3. The minimum absolute atomic E-state index is 0.00961. The fourth-order valence-corrected chi connectivity index (χ4v) is 10.3. The van der Waals surface area contributed by atoms with Gasteiger partial charge in [-0.2, -0.15) is 8.78 Å². The number of halogens is 4. The van der Waals surface area contributed by atoms with Crippen molar-refractivity contribution in [2.75, 3.05) is 13.2 Å². The maximum atomic E-state index is 15.1. The quantitative estimate of drug-likeness (QED) is 0.0509. The molecular weight excluding hydrogens is 805 g/mol. The summed E-state index contributed by atoms with van der Waals surface area (Å²) in [6.07, 6.45) is 22.4. The second-order valence-electron chi connectivity index (χ2n) is 18.9. The van der Waals surface area contributed by atoms with Gasteiger partial charge in [0.1, 0.15) is 0 Å². The van der Waals surface area contributed by atoms with E-state index in [0.29, 0.717) is 36.2 Å². The molecule has 0 saturated heterocycles. The Morgan fingerprint density at radius 2 is 0.844 bits per heavy atom. The highest BCUT2D eigenvalue weighted by Crippen LogP contribution is 2.41. The number of unbranched alkanes of at least 4 members (excludes halogenated alkanes) is 6. The predicted molar refractivity (Wildman–Crippen MR) is 255 cm³/mol. The van der Waals surface area contributed by atoms with Crippen LogP contribution in [-0.4, -0.2) is 13.2 Å². The van der Waals surface area contributed by atoms with E-state index in [4.69, 9.17) is 9.47 Å². The summed E-state index contributed by atoms with van der Waals surface area (Å²) < 4.78 is 71.0. The van der Waals surface area contributed by atoms with E-state index in [1.165, 1.54) is 60.8 Å². The molecular formula is C58H70F4O2. The first-order chi connectivity index (χ1) is 31.3. The highest BCUT2D eigenvalue weighted by atomic mass is 19.2. The van der Waals surface area contributed by atoms with Crippen LogP contribution in [0.5, 0.6) is 11.5 Å². The Labute approximate surface area is 381 Å². The van der Waals surface area contributed by atoms with Crippen LogP contribution < -0.4 is 9.47 Å². The van der Waals surface area contributed by atoms with Gasteiger partial charge in [0.15, 0.2) is 23.1 Å². The number of hydrogen-bond acceptors (Lipinski definition) is 2. The molecule has 0 radical (unpaired) electrons. The molecule has 0 unspecified atom stereocenters. The summed E-state index contributed by atoms with van der Waals surface area (Å²) in [4.78, 5) is 0. The molecule has 342 valence electrons. The Kier molecular flexibility index (Phi) is 17.8. The Morgan fingerprint density at radius 3 is 1.23 bits per heavy atom. The smallest absolute Gasteiger partial charge is 0.201 e. The number of rotatable bonds is 22. The second-order valence-corrected chi connectivity index (χ2v) is 18.9. The van der Waals surface area contributed by atoms with E-state index in [0.717, 1.165) is 102 Å². The topological polar surface area (TPSA) is 18.5 Å². The van der Waals surface area contributed by atoms with E-state index >= 15 is 8.78 Å². The number of hydrogen-bond donors (Lipinski definition) is 0. The van der Waals surface area contributed by atoms with Gasteiger partial charge >= 0.3 is 0 Å². The van der Waals surface area contributed by atoms with E-state index < -0.39 is 23.3 Å². The third kappa shape index (κ3) is 12.8. The lowest BCUT2D eigenvalue weighted by atomic mass is 9.76. The van der Waals surface area contributed by atoms with Gasteiger partial charge < -0.3 is 9.47 Å². The van der Waals surface area contributed by atoms with Crippen molar-refractivity contribution in [3.63, 3.8) is 0 Å². The van der Waals surface area contributed by atoms with Crippen LogP contribution >= 0.6 is 0 Å². The molecule has 2 saturated carbocycles. The van der Waals surface area contributed by atoms with Crippen LogP contribution in [0.1, 0.15) is 164 Å². The van der Waals surface area contributed by atoms with Crippen LogP contribution in [0.25, 0.3) is 22.3 Å². The van der Waals surface area contributed by atoms with Crippen molar-refractivity contribution in [1.29, 1.82) is 0 Å². The summed E-state index contributed by atoms with van der Waals surface area (Å²) in [6.45, 7) is 5.07. The van der Waals surface area contributed by atoms with E-state index in [9.17, 15) is 8.78 Å². The van der Waals surface area contributed by atoms with Crippen LogP contribution in [0.15, 0.2) is 97.1 Å². The highest BCUT2D eigenvalue weighted by Gasteiger charge is 2.25. The monoisotopic (exact) mass is 875 g/mol. The molecule has 0 atom stereocenters. The third-order valence-electron chi connectivity index (χ3n) is 14.4. The molecule has 2 nitrogen and oxygen atoms in total. The van der Waals surface area contributed by atoms with Crippen molar-refractivity contribution in [2.24, 2.45) is 11.8 Å². The van der Waals surface area contributed by atoms with Crippen molar-refractivity contribution in [1.82, 2.24) is 0 Å². The molecule has 2 aliphatic carbocycles. The van der Waals surface area contributed by atoms with Gasteiger partial charge in [0.25, 0.3) is 0 Å². The van der Waals surface area contributed by atoms with Crippen molar-refractivity contribution < 1.29 is 27.0 Å². The summed E-state index contributed by atoms with van der Waals surface area (Å²) in [5.74, 6) is -1.05. The van der Waals surface area contributed by atoms with Crippen molar-refractivity contribution in [3.8, 4) is 33.8 Å². The average Bonchev–Trinajstić information content (AvgIpc) is 3.33. The zero-order valence-electron chi connectivity index (χ0n) is 38.4. The molecule has 5 aromatic carbocycles. The lowest BCUT2D eigenvalue weighted by Gasteiger charge is -2.29. The number of benzene rings is 5. The van der Waals surface area contributed by atoms with Crippen molar-refractivity contribution in [3.05, 3.63) is 143 Å². The first-order valence-corrected chi connectivity index (χ1v) is 24.8. The minimum atomic E-state index is -0.906. The van der Waals surface area contributed by atoms with Crippen LogP contribution in [-0.2, 0) is 12.8 Å². The molecule has 0 bridgehead atoms. The summed E-state index contributed by atoms with van der Waals surface area (Å²) in [7, 11) is 0. The molecule has 2 aliphatic rings. The second kappa shape index (κ2) is 24.1. The van der Waals surface area contributed by atoms with Gasteiger partial charge in [-0.3, -0.25) is 0 Å². The molecule has 0 aromatic heterocycles. The maximum Gasteiger partial charge on any atom is 0.201 e. The zero-order chi connectivity index (χ0) is 44.7. The maximum absolute atomic E-state index is 15.1. The van der Waals surface area contributed by atoms with Gasteiger partial charge in [0, 0.05) is 11.1 Å². The lowest BCUT2D eigenvalue weighted by molar-refractivity contribution is 0.285. The van der Waals surface area contributed by atoms with Crippen LogP contribution in [0.2, 0.25) is 0 Å². The Morgan fingerprint density at radius 1 is 0.438 bits per heavy atom. The normalized spacial score (nSPS) is 18.8. The third-order valence-corrected chi connectivity index (χ3v) is 14.4. The fourth-order valence-electron chi connectivity index (χ4n) is 10.3. The van der Waals surface area contributed by atoms with Crippen LogP contribution in [0.4, 0.5) is 17.6 Å². The lowest BCUT2D eigenvalue weighted by Crippen LogP contribution is -2.14. The highest BCUT2D eigenvalue weighted by molar-refractivity contribution is 5.67. The van der Waals surface area contributed by atoms with Crippen molar-refractivity contribution >= 4 is 0 Å². The van der Waals surface area contributed by atoms with Gasteiger partial charge in [-0.15, -0.1) is 0 Å². The van der Waals surface area contributed by atoms with Gasteiger partial charge in [0.05, 0.1) is 13.2 Å². The van der Waals surface area contributed by atoms with E-state index in [1.54, 1.807) is 24.3 Å². The molecule has 0 aliphatic heterocycles. The molecule has 0 N–H and O–H groups in total. The average molecular weight is 875 g/mol. The SMILES string of the molecule is CCCCCCOc1ccc(-c2ccc(C3CCC(CCc4cccc(CCC5CCC(c6ccc(-c7ccc(OCCCCCC)c(F)c7F)cc6)CC5)c4)CC3)cc2)c(F)c1F. The fraction of sp³-hybridized carbons (Fsp3) is 0.483. The molecule has 0 amide bonds. The van der Waals surface area contributed by atoms with Gasteiger partial charge in [-0.1, -0.05) is 125 Å². The van der Waals surface area contributed by atoms with Crippen molar-refractivity contribution in [2.45, 2.75) is 154 Å². The molecule has 0 heterocycles. The first-order valence-electron chi connectivity index (χ1n) is 24.8. The Bertz CT molecular complexity index is 2030. The summed E-state index contributed by atoms with van der Waals surface area (Å²) in [5, 5.41) is 0. The summed E-state index contributed by atoms with van der Waals surface area (Å²) in [6, 6.07) is 31.8. The van der Waals surface area contributed by atoms with Gasteiger partial charge in [-0.05, 0) is 171 Å². The molecule has 64 heavy (non-hydrogen) atoms. The molecule has 0 spiro atoms. The van der Waals surface area contributed by atoms with Gasteiger partial charge in [0.2, 0.25) is 11.6 Å². The first kappa shape index (κ1) is 47.4. The Hall–Kier alpha value is -4.58. The summed E-state index contributed by atoms with van der Waals surface area (Å²) in [5.41, 5.74) is 7.40. The van der Waals surface area contributed by atoms with Gasteiger partial charge in [-0.25, -0.2) is 8.78 Å². The van der Waals surface area contributed by atoms with E-state index in [-0.39, 0.29) is 22.6 Å². The van der Waals surface area contributed by atoms with E-state index in [2.05, 4.69) is 62.4 Å². The number of aryl methyl sites for hydroxylation is 2. The minimum Gasteiger partial charge on any atom is -0.490 e. The summed E-state index contributed by atoms with van der Waals surface area (Å²) >= 11 is 0. The zero-order valence-corrected chi connectivity index (χ0v) is 38.4. The molecule has 2 fully saturated rings.